The molecule has 0 unspecified atom stereocenters. The molecule has 0 aliphatic carbocycles. The standard InChI is InChI=1S/C21H16ClN3O5/c1-13(24-25-20(27)19(26)23-16-8-6-15(22)7-9-16)14-4-10-17(11-5-14)30-21(28)18-3-2-12-29-18/h2-12H,1H3,(H,23,26)(H,25,27)/b24-13+. The first-order valence-electron chi connectivity index (χ1n) is 8.69. The minimum Gasteiger partial charge on any atom is -0.457 e. The van der Waals surface area contributed by atoms with Gasteiger partial charge >= 0.3 is 17.8 Å². The molecule has 8 nitrogen and oxygen atoms in total. The minimum atomic E-state index is -0.923. The Hall–Kier alpha value is -3.91. The Morgan fingerprint density at radius 1 is 0.967 bits per heavy atom. The molecule has 1 aromatic heterocycles. The number of hydrazone groups is 1. The van der Waals surface area contributed by atoms with Crippen LogP contribution in [0.15, 0.2) is 76.4 Å². The van der Waals surface area contributed by atoms with Gasteiger partial charge in [-0.25, -0.2) is 10.2 Å². The van der Waals surface area contributed by atoms with E-state index in [4.69, 9.17) is 20.8 Å². The summed E-state index contributed by atoms with van der Waals surface area (Å²) in [7, 11) is 0. The molecule has 0 saturated heterocycles. The monoisotopic (exact) mass is 425 g/mol. The minimum absolute atomic E-state index is 0.0939. The van der Waals surface area contributed by atoms with Crippen molar-refractivity contribution in [2.24, 2.45) is 5.10 Å². The largest absolute Gasteiger partial charge is 0.457 e. The molecule has 0 atom stereocenters. The third-order valence-corrected chi connectivity index (χ3v) is 4.09. The Balaban J connectivity index is 1.55. The molecule has 0 saturated carbocycles. The van der Waals surface area contributed by atoms with E-state index in [-0.39, 0.29) is 5.76 Å². The summed E-state index contributed by atoms with van der Waals surface area (Å²) in [5.74, 6) is -1.99. The van der Waals surface area contributed by atoms with E-state index < -0.39 is 17.8 Å². The van der Waals surface area contributed by atoms with E-state index in [0.29, 0.717) is 27.7 Å². The number of amides is 2. The highest BCUT2D eigenvalue weighted by atomic mass is 35.5. The number of furan rings is 1. The van der Waals surface area contributed by atoms with Crippen molar-refractivity contribution >= 4 is 40.8 Å². The first-order chi connectivity index (χ1) is 14.4. The number of carbonyl (C=O) groups excluding carboxylic acids is 3. The smallest absolute Gasteiger partial charge is 0.379 e. The Kier molecular flexibility index (Phi) is 6.61. The number of nitrogens with one attached hydrogen (secondary N) is 2. The van der Waals surface area contributed by atoms with Gasteiger partial charge in [-0.2, -0.15) is 5.10 Å². The van der Waals surface area contributed by atoms with Crippen LogP contribution < -0.4 is 15.5 Å². The summed E-state index contributed by atoms with van der Waals surface area (Å²) in [5.41, 5.74) is 3.73. The SMILES string of the molecule is C/C(=N\NC(=O)C(=O)Nc1ccc(Cl)cc1)c1ccc(OC(=O)c2ccco2)cc1. The van der Waals surface area contributed by atoms with Crippen LogP contribution >= 0.6 is 11.6 Å². The van der Waals surface area contributed by atoms with E-state index in [1.807, 2.05) is 0 Å². The predicted molar refractivity (Wildman–Crippen MR) is 111 cm³/mol. The van der Waals surface area contributed by atoms with Gasteiger partial charge in [-0.15, -0.1) is 0 Å². The predicted octanol–water partition coefficient (Wildman–Crippen LogP) is 3.63. The van der Waals surface area contributed by atoms with Gasteiger partial charge in [-0.1, -0.05) is 11.6 Å². The van der Waals surface area contributed by atoms with E-state index >= 15 is 0 Å². The maximum atomic E-state index is 11.9. The number of hydrogen-bond acceptors (Lipinski definition) is 6. The van der Waals surface area contributed by atoms with Crippen molar-refractivity contribution in [3.05, 3.63) is 83.3 Å². The molecule has 0 spiro atoms. The summed E-state index contributed by atoms with van der Waals surface area (Å²) >= 11 is 5.77. The van der Waals surface area contributed by atoms with Gasteiger partial charge in [0.05, 0.1) is 12.0 Å². The molecule has 30 heavy (non-hydrogen) atoms. The zero-order chi connectivity index (χ0) is 21.5. The zero-order valence-corrected chi connectivity index (χ0v) is 16.5. The average Bonchev–Trinajstić information content (AvgIpc) is 3.29. The van der Waals surface area contributed by atoms with Crippen LogP contribution in [0.25, 0.3) is 0 Å². The van der Waals surface area contributed by atoms with Crippen LogP contribution in [-0.4, -0.2) is 23.5 Å². The Morgan fingerprint density at radius 2 is 1.67 bits per heavy atom. The van der Waals surface area contributed by atoms with Crippen LogP contribution in [0.2, 0.25) is 5.02 Å². The fraction of sp³-hybridized carbons (Fsp3) is 0.0476. The summed E-state index contributed by atoms with van der Waals surface area (Å²) in [6.07, 6.45) is 1.38. The van der Waals surface area contributed by atoms with Crippen molar-refractivity contribution in [2.45, 2.75) is 6.92 Å². The third-order valence-electron chi connectivity index (χ3n) is 3.84. The maximum absolute atomic E-state index is 11.9. The van der Waals surface area contributed by atoms with Gasteiger partial charge in [0.25, 0.3) is 0 Å². The molecule has 0 aliphatic heterocycles. The Morgan fingerprint density at radius 3 is 2.30 bits per heavy atom. The number of benzene rings is 2. The molecule has 2 N–H and O–H groups in total. The highest BCUT2D eigenvalue weighted by molar-refractivity contribution is 6.39. The number of halogens is 1. The molecule has 1 heterocycles. The van der Waals surface area contributed by atoms with Crippen LogP contribution in [0.4, 0.5) is 5.69 Å². The second kappa shape index (κ2) is 9.53. The molecular formula is C21H16ClN3O5. The van der Waals surface area contributed by atoms with Crippen LogP contribution in [0.1, 0.15) is 23.0 Å². The van der Waals surface area contributed by atoms with Crippen LogP contribution in [0.5, 0.6) is 5.75 Å². The van der Waals surface area contributed by atoms with E-state index in [0.717, 1.165) is 0 Å². The van der Waals surface area contributed by atoms with Crippen molar-refractivity contribution < 1.29 is 23.5 Å². The summed E-state index contributed by atoms with van der Waals surface area (Å²) in [6.45, 7) is 1.65. The van der Waals surface area contributed by atoms with Gasteiger partial charge in [-0.3, -0.25) is 9.59 Å². The number of carbonyl (C=O) groups is 3. The molecule has 3 aromatic rings. The fourth-order valence-electron chi connectivity index (χ4n) is 2.29. The summed E-state index contributed by atoms with van der Waals surface area (Å²) in [6, 6.07) is 15.9. The lowest BCUT2D eigenvalue weighted by Gasteiger charge is -2.06. The maximum Gasteiger partial charge on any atom is 0.379 e. The number of ether oxygens (including phenoxy) is 1. The summed E-state index contributed by atoms with van der Waals surface area (Å²) in [4.78, 5) is 35.7. The quantitative estimate of drug-likeness (QED) is 0.213. The first kappa shape index (κ1) is 20.8. The molecule has 9 heteroatoms. The number of esters is 1. The third kappa shape index (κ3) is 5.55. The van der Waals surface area contributed by atoms with Crippen molar-refractivity contribution in [1.29, 1.82) is 0 Å². The van der Waals surface area contributed by atoms with E-state index in [1.54, 1.807) is 61.5 Å². The summed E-state index contributed by atoms with van der Waals surface area (Å²) in [5, 5.41) is 6.86. The van der Waals surface area contributed by atoms with Gasteiger partial charge in [0.2, 0.25) is 5.76 Å². The molecule has 152 valence electrons. The molecule has 0 aliphatic rings. The second-order valence-corrected chi connectivity index (χ2v) is 6.43. The highest BCUT2D eigenvalue weighted by Gasteiger charge is 2.14. The number of nitrogens with zero attached hydrogens (tertiary/aromatic N) is 1. The zero-order valence-electron chi connectivity index (χ0n) is 15.7. The van der Waals surface area contributed by atoms with E-state index in [1.165, 1.54) is 12.3 Å². The lowest BCUT2D eigenvalue weighted by atomic mass is 10.1. The van der Waals surface area contributed by atoms with Crippen molar-refractivity contribution in [2.75, 3.05) is 5.32 Å². The molecular weight excluding hydrogens is 410 g/mol. The first-order valence-corrected chi connectivity index (χ1v) is 9.07. The van der Waals surface area contributed by atoms with Crippen LogP contribution in [0.3, 0.4) is 0 Å². The lowest BCUT2D eigenvalue weighted by molar-refractivity contribution is -0.136. The summed E-state index contributed by atoms with van der Waals surface area (Å²) < 4.78 is 10.2. The topological polar surface area (TPSA) is 110 Å². The Bertz CT molecular complexity index is 1070. The number of hydrogen-bond donors (Lipinski definition) is 2. The second-order valence-electron chi connectivity index (χ2n) is 5.99. The molecule has 0 fully saturated rings. The van der Waals surface area contributed by atoms with Gasteiger partial charge in [-0.05, 0) is 73.2 Å². The lowest BCUT2D eigenvalue weighted by Crippen LogP contribution is -2.32. The molecule has 2 aromatic carbocycles. The van der Waals surface area contributed by atoms with E-state index in [9.17, 15) is 14.4 Å². The van der Waals surface area contributed by atoms with Gasteiger partial charge in [0.1, 0.15) is 5.75 Å². The molecule has 2 amide bonds. The van der Waals surface area contributed by atoms with Crippen LogP contribution in [0, 0.1) is 0 Å². The number of anilines is 1. The van der Waals surface area contributed by atoms with Crippen molar-refractivity contribution in [1.82, 2.24) is 5.43 Å². The fourth-order valence-corrected chi connectivity index (χ4v) is 2.41. The van der Waals surface area contributed by atoms with E-state index in [2.05, 4.69) is 15.8 Å². The van der Waals surface area contributed by atoms with Crippen molar-refractivity contribution in [3.8, 4) is 5.75 Å². The van der Waals surface area contributed by atoms with Gasteiger partial charge in [0.15, 0.2) is 0 Å². The van der Waals surface area contributed by atoms with Crippen molar-refractivity contribution in [3.63, 3.8) is 0 Å². The number of rotatable bonds is 5. The molecule has 3 rings (SSSR count). The highest BCUT2D eigenvalue weighted by Crippen LogP contribution is 2.15. The van der Waals surface area contributed by atoms with Crippen LogP contribution in [-0.2, 0) is 9.59 Å². The Labute approximate surface area is 176 Å². The normalized spacial score (nSPS) is 10.9. The average molecular weight is 426 g/mol. The van der Waals surface area contributed by atoms with Gasteiger partial charge < -0.3 is 14.5 Å². The van der Waals surface area contributed by atoms with Gasteiger partial charge in [0, 0.05) is 10.7 Å². The molecule has 0 bridgehead atoms. The molecule has 0 radical (unpaired) electrons.